The largest absolute Gasteiger partial charge is 0.305 e. The van der Waals surface area contributed by atoms with Gasteiger partial charge in [0, 0.05) is 11.6 Å². The smallest absolute Gasteiger partial charge is 0.123 e. The first kappa shape index (κ1) is 15.5. The van der Waals surface area contributed by atoms with E-state index in [9.17, 15) is 4.39 Å². The van der Waals surface area contributed by atoms with Crippen LogP contribution in [0.1, 0.15) is 65.5 Å². The van der Waals surface area contributed by atoms with Gasteiger partial charge < -0.3 is 5.32 Å². The van der Waals surface area contributed by atoms with Crippen molar-refractivity contribution in [1.29, 1.82) is 0 Å². The molecule has 1 atom stereocenters. The molecule has 2 heteroatoms. The van der Waals surface area contributed by atoms with Crippen molar-refractivity contribution in [3.8, 4) is 0 Å². The quantitative estimate of drug-likeness (QED) is 0.791. The second-order valence-corrected chi connectivity index (χ2v) is 8.13. The molecule has 0 aliphatic heterocycles. The van der Waals surface area contributed by atoms with Crippen LogP contribution in [-0.4, -0.2) is 5.54 Å². The maximum absolute atomic E-state index is 13.1. The highest BCUT2D eigenvalue weighted by molar-refractivity contribution is 5.22. The second kappa shape index (κ2) is 5.48. The Hall–Kier alpha value is -0.890. The average molecular weight is 277 g/mol. The van der Waals surface area contributed by atoms with Gasteiger partial charge in [0.15, 0.2) is 0 Å². The fraction of sp³-hybridized carbons (Fsp3) is 0.667. The number of nitrogens with one attached hydrogen (secondary N) is 1. The van der Waals surface area contributed by atoms with E-state index in [0.29, 0.717) is 17.4 Å². The molecule has 0 saturated heterocycles. The molecule has 0 radical (unpaired) electrons. The van der Waals surface area contributed by atoms with Crippen molar-refractivity contribution >= 4 is 0 Å². The van der Waals surface area contributed by atoms with E-state index in [0.717, 1.165) is 6.42 Å². The van der Waals surface area contributed by atoms with Crippen LogP contribution in [0, 0.1) is 17.2 Å². The summed E-state index contributed by atoms with van der Waals surface area (Å²) in [4.78, 5) is 0. The zero-order valence-electron chi connectivity index (χ0n) is 13.5. The van der Waals surface area contributed by atoms with E-state index in [1.54, 1.807) is 12.1 Å². The Morgan fingerprint density at radius 1 is 1.10 bits per heavy atom. The highest BCUT2D eigenvalue weighted by Crippen LogP contribution is 2.43. The Labute approximate surface area is 123 Å². The first-order chi connectivity index (χ1) is 9.16. The lowest BCUT2D eigenvalue weighted by Crippen LogP contribution is -2.45. The standard InChI is InChI=1S/C18H28FN/c1-17(2,3)12-18(4,5)20-16(13-6-7-13)14-8-10-15(19)11-9-14/h8-11,13,16,20H,6-7,12H2,1-5H3. The Morgan fingerprint density at radius 2 is 1.65 bits per heavy atom. The van der Waals surface area contributed by atoms with Crippen LogP contribution in [-0.2, 0) is 0 Å². The maximum atomic E-state index is 13.1. The highest BCUT2D eigenvalue weighted by atomic mass is 19.1. The summed E-state index contributed by atoms with van der Waals surface area (Å²) in [5.41, 5.74) is 1.60. The third-order valence-corrected chi connectivity index (χ3v) is 3.84. The monoisotopic (exact) mass is 277 g/mol. The summed E-state index contributed by atoms with van der Waals surface area (Å²) in [6.45, 7) is 11.4. The van der Waals surface area contributed by atoms with Crippen LogP contribution >= 0.6 is 0 Å². The molecule has 1 aromatic carbocycles. The summed E-state index contributed by atoms with van der Waals surface area (Å²) >= 11 is 0. The molecule has 1 aromatic rings. The van der Waals surface area contributed by atoms with Gasteiger partial charge >= 0.3 is 0 Å². The van der Waals surface area contributed by atoms with Gasteiger partial charge in [0.25, 0.3) is 0 Å². The van der Waals surface area contributed by atoms with E-state index >= 15 is 0 Å². The Balaban J connectivity index is 2.12. The summed E-state index contributed by atoms with van der Waals surface area (Å²) in [6, 6.07) is 7.36. The minimum atomic E-state index is -0.155. The zero-order chi connectivity index (χ0) is 15.0. The molecule has 2 rings (SSSR count). The van der Waals surface area contributed by atoms with Crippen LogP contribution in [0.3, 0.4) is 0 Å². The van der Waals surface area contributed by atoms with Crippen molar-refractivity contribution in [3.05, 3.63) is 35.6 Å². The Kier molecular flexibility index (Phi) is 4.24. The minimum absolute atomic E-state index is 0.0832. The maximum Gasteiger partial charge on any atom is 0.123 e. The highest BCUT2D eigenvalue weighted by Gasteiger charge is 2.36. The lowest BCUT2D eigenvalue weighted by molar-refractivity contribution is 0.215. The topological polar surface area (TPSA) is 12.0 Å². The third-order valence-electron chi connectivity index (χ3n) is 3.84. The summed E-state index contributed by atoms with van der Waals surface area (Å²) in [5.74, 6) is 0.553. The van der Waals surface area contributed by atoms with Crippen LogP contribution in [0.2, 0.25) is 0 Å². The molecule has 0 aromatic heterocycles. The second-order valence-electron chi connectivity index (χ2n) is 8.13. The van der Waals surface area contributed by atoms with Crippen molar-refractivity contribution < 1.29 is 4.39 Å². The molecular formula is C18H28FN. The van der Waals surface area contributed by atoms with E-state index in [4.69, 9.17) is 0 Å². The van der Waals surface area contributed by atoms with Gasteiger partial charge in [-0.15, -0.1) is 0 Å². The fourth-order valence-electron chi connectivity index (χ4n) is 3.37. The fourth-order valence-corrected chi connectivity index (χ4v) is 3.37. The SMILES string of the molecule is CC(C)(C)CC(C)(C)NC(c1ccc(F)cc1)C1CC1. The van der Waals surface area contributed by atoms with Crippen molar-refractivity contribution in [2.75, 3.05) is 0 Å². The number of hydrogen-bond acceptors (Lipinski definition) is 1. The molecule has 1 nitrogen and oxygen atoms in total. The molecule has 0 amide bonds. The lowest BCUT2D eigenvalue weighted by Gasteiger charge is -2.37. The van der Waals surface area contributed by atoms with Gasteiger partial charge in [0.2, 0.25) is 0 Å². The summed E-state index contributed by atoms with van der Waals surface area (Å²) < 4.78 is 13.1. The van der Waals surface area contributed by atoms with Gasteiger partial charge in [-0.1, -0.05) is 32.9 Å². The lowest BCUT2D eigenvalue weighted by atomic mass is 9.81. The molecule has 112 valence electrons. The van der Waals surface area contributed by atoms with Crippen molar-refractivity contribution in [2.45, 2.75) is 65.5 Å². The Morgan fingerprint density at radius 3 is 2.10 bits per heavy atom. The van der Waals surface area contributed by atoms with Crippen LogP contribution in [0.5, 0.6) is 0 Å². The molecule has 1 fully saturated rings. The van der Waals surface area contributed by atoms with Gasteiger partial charge in [0.05, 0.1) is 0 Å². The number of hydrogen-bond donors (Lipinski definition) is 1. The predicted octanol–water partition coefficient (Wildman–Crippen LogP) is 5.08. The molecule has 1 aliphatic carbocycles. The number of rotatable bonds is 5. The van der Waals surface area contributed by atoms with Gasteiger partial charge in [-0.25, -0.2) is 4.39 Å². The van der Waals surface area contributed by atoms with E-state index in [-0.39, 0.29) is 11.4 Å². The predicted molar refractivity (Wildman–Crippen MR) is 83.2 cm³/mol. The van der Waals surface area contributed by atoms with E-state index < -0.39 is 0 Å². The summed E-state index contributed by atoms with van der Waals surface area (Å²) in [6.07, 6.45) is 3.67. The summed E-state index contributed by atoms with van der Waals surface area (Å²) in [7, 11) is 0. The van der Waals surface area contributed by atoms with Crippen molar-refractivity contribution in [2.24, 2.45) is 11.3 Å². The average Bonchev–Trinajstić information content (AvgIpc) is 3.07. The van der Waals surface area contributed by atoms with Gasteiger partial charge in [-0.3, -0.25) is 0 Å². The van der Waals surface area contributed by atoms with Crippen LogP contribution in [0.25, 0.3) is 0 Å². The van der Waals surface area contributed by atoms with E-state index in [1.807, 2.05) is 12.1 Å². The molecule has 0 spiro atoms. The van der Waals surface area contributed by atoms with Crippen molar-refractivity contribution in [1.82, 2.24) is 5.32 Å². The van der Waals surface area contributed by atoms with Crippen LogP contribution < -0.4 is 5.32 Å². The van der Waals surface area contributed by atoms with Gasteiger partial charge in [0.1, 0.15) is 5.82 Å². The molecule has 0 heterocycles. The van der Waals surface area contributed by atoms with E-state index in [2.05, 4.69) is 39.9 Å². The van der Waals surface area contributed by atoms with Gasteiger partial charge in [-0.05, 0) is 62.1 Å². The molecular weight excluding hydrogens is 249 g/mol. The zero-order valence-corrected chi connectivity index (χ0v) is 13.5. The number of halogens is 1. The van der Waals surface area contributed by atoms with Crippen molar-refractivity contribution in [3.63, 3.8) is 0 Å². The molecule has 1 unspecified atom stereocenters. The first-order valence-electron chi connectivity index (χ1n) is 7.69. The molecule has 0 bridgehead atoms. The minimum Gasteiger partial charge on any atom is -0.305 e. The van der Waals surface area contributed by atoms with E-state index in [1.165, 1.54) is 18.4 Å². The normalized spacial score (nSPS) is 18.1. The molecule has 1 saturated carbocycles. The van der Waals surface area contributed by atoms with Crippen LogP contribution in [0.15, 0.2) is 24.3 Å². The Bertz CT molecular complexity index is 437. The molecule has 1 aliphatic rings. The van der Waals surface area contributed by atoms with Gasteiger partial charge in [-0.2, -0.15) is 0 Å². The molecule has 20 heavy (non-hydrogen) atoms. The van der Waals surface area contributed by atoms with Crippen LogP contribution in [0.4, 0.5) is 4.39 Å². The first-order valence-corrected chi connectivity index (χ1v) is 7.69. The summed E-state index contributed by atoms with van der Waals surface area (Å²) in [5, 5.41) is 3.83. The molecule has 1 N–H and O–H groups in total. The third kappa shape index (κ3) is 4.59. The number of benzene rings is 1.